The number of fused-ring (bicyclic) bond motifs is 1. The van der Waals surface area contributed by atoms with Gasteiger partial charge in [-0.3, -0.25) is 9.48 Å². The lowest BCUT2D eigenvalue weighted by Gasteiger charge is -2.40. The van der Waals surface area contributed by atoms with E-state index in [1.807, 2.05) is 24.9 Å². The monoisotopic (exact) mass is 316 g/mol. The summed E-state index contributed by atoms with van der Waals surface area (Å²) in [5, 5.41) is 14.7. The molecule has 2 aromatic heterocycles. The zero-order valence-corrected chi connectivity index (χ0v) is 14.0. The van der Waals surface area contributed by atoms with Crippen molar-refractivity contribution in [3.63, 3.8) is 0 Å². The van der Waals surface area contributed by atoms with Crippen LogP contribution in [0.25, 0.3) is 11.0 Å². The smallest absolute Gasteiger partial charge is 0.254 e. The molecule has 1 amide bonds. The number of hydrogen-bond acceptors (Lipinski definition) is 4. The quantitative estimate of drug-likeness (QED) is 0.939. The third kappa shape index (κ3) is 2.72. The molecule has 0 unspecified atom stereocenters. The van der Waals surface area contributed by atoms with Crippen molar-refractivity contribution in [2.75, 3.05) is 19.7 Å². The summed E-state index contributed by atoms with van der Waals surface area (Å²) in [6, 6.07) is 1.85. The molecule has 0 spiro atoms. The SMILES string of the molecule is CCC1(CO)CCN(C(=O)c2cc(C)nc3c2cnn3C)CC1. The topological polar surface area (TPSA) is 71.2 Å². The fourth-order valence-corrected chi connectivity index (χ4v) is 3.39. The largest absolute Gasteiger partial charge is 0.396 e. The number of aromatic nitrogens is 3. The molecule has 0 saturated carbocycles. The standard InChI is InChI=1S/C17H24N4O2/c1-4-17(11-22)5-7-21(8-6-17)16(23)13-9-12(2)19-15-14(13)10-18-20(15)3/h9-10,22H,4-8,11H2,1-3H3. The Labute approximate surface area is 136 Å². The van der Waals surface area contributed by atoms with E-state index in [2.05, 4.69) is 17.0 Å². The van der Waals surface area contributed by atoms with E-state index in [-0.39, 0.29) is 17.9 Å². The maximum absolute atomic E-state index is 13.0. The molecule has 1 aliphatic heterocycles. The summed E-state index contributed by atoms with van der Waals surface area (Å²) in [5.41, 5.74) is 2.21. The van der Waals surface area contributed by atoms with Crippen molar-refractivity contribution < 1.29 is 9.90 Å². The molecule has 0 bridgehead atoms. The lowest BCUT2D eigenvalue weighted by atomic mass is 9.77. The van der Waals surface area contributed by atoms with Crippen LogP contribution < -0.4 is 0 Å². The summed E-state index contributed by atoms with van der Waals surface area (Å²) in [5.74, 6) is 0.0381. The minimum atomic E-state index is -0.0193. The summed E-state index contributed by atoms with van der Waals surface area (Å²) in [4.78, 5) is 19.3. The highest BCUT2D eigenvalue weighted by molar-refractivity contribution is 6.05. The van der Waals surface area contributed by atoms with Crippen LogP contribution in [0.3, 0.4) is 0 Å². The second-order valence-corrected chi connectivity index (χ2v) is 6.62. The van der Waals surface area contributed by atoms with Crippen LogP contribution in [0.2, 0.25) is 0 Å². The molecule has 0 aliphatic carbocycles. The second kappa shape index (κ2) is 5.92. The molecule has 2 aromatic rings. The first-order chi connectivity index (χ1) is 11.0. The number of pyridine rings is 1. The average Bonchev–Trinajstić information content (AvgIpc) is 2.95. The predicted molar refractivity (Wildman–Crippen MR) is 88.2 cm³/mol. The third-order valence-electron chi connectivity index (χ3n) is 5.26. The normalized spacial score (nSPS) is 17.7. The number of aryl methyl sites for hydroxylation is 2. The third-order valence-corrected chi connectivity index (χ3v) is 5.26. The first kappa shape index (κ1) is 15.9. The molecule has 6 nitrogen and oxygen atoms in total. The van der Waals surface area contributed by atoms with Gasteiger partial charge in [0.25, 0.3) is 5.91 Å². The molecule has 1 saturated heterocycles. The van der Waals surface area contributed by atoms with Gasteiger partial charge in [0.15, 0.2) is 5.65 Å². The van der Waals surface area contributed by atoms with Gasteiger partial charge in [-0.25, -0.2) is 4.98 Å². The number of piperidine rings is 1. The number of rotatable bonds is 3. The van der Waals surface area contributed by atoms with Gasteiger partial charge in [0.1, 0.15) is 0 Å². The van der Waals surface area contributed by atoms with Crippen molar-refractivity contribution in [1.82, 2.24) is 19.7 Å². The van der Waals surface area contributed by atoms with Gasteiger partial charge in [0, 0.05) is 32.4 Å². The molecule has 23 heavy (non-hydrogen) atoms. The van der Waals surface area contributed by atoms with Gasteiger partial charge in [-0.05, 0) is 37.7 Å². The average molecular weight is 316 g/mol. The Bertz CT molecular complexity index is 724. The Kier molecular flexibility index (Phi) is 4.10. The fourth-order valence-electron chi connectivity index (χ4n) is 3.39. The van der Waals surface area contributed by atoms with Crippen molar-refractivity contribution in [2.24, 2.45) is 12.5 Å². The Balaban J connectivity index is 1.87. The van der Waals surface area contributed by atoms with Crippen molar-refractivity contribution in [3.8, 4) is 0 Å². The molecular weight excluding hydrogens is 292 g/mol. The van der Waals surface area contributed by atoms with Crippen LogP contribution in [0.4, 0.5) is 0 Å². The Morgan fingerprint density at radius 1 is 1.39 bits per heavy atom. The lowest BCUT2D eigenvalue weighted by molar-refractivity contribution is 0.0339. The second-order valence-electron chi connectivity index (χ2n) is 6.62. The molecule has 1 aliphatic rings. The lowest BCUT2D eigenvalue weighted by Crippen LogP contribution is -2.44. The molecule has 6 heteroatoms. The van der Waals surface area contributed by atoms with Gasteiger partial charge in [0.05, 0.1) is 17.1 Å². The summed E-state index contributed by atoms with van der Waals surface area (Å²) >= 11 is 0. The Hall–Kier alpha value is -1.95. The van der Waals surface area contributed by atoms with Crippen LogP contribution in [-0.4, -0.2) is 50.4 Å². The van der Waals surface area contributed by atoms with Crippen LogP contribution >= 0.6 is 0 Å². The predicted octanol–water partition coefficient (Wildman–Crippen LogP) is 1.90. The van der Waals surface area contributed by atoms with Crippen molar-refractivity contribution in [1.29, 1.82) is 0 Å². The van der Waals surface area contributed by atoms with E-state index in [4.69, 9.17) is 0 Å². The van der Waals surface area contributed by atoms with Crippen molar-refractivity contribution in [3.05, 3.63) is 23.5 Å². The van der Waals surface area contributed by atoms with E-state index in [0.717, 1.165) is 36.0 Å². The van der Waals surface area contributed by atoms with Gasteiger partial charge < -0.3 is 10.0 Å². The number of carbonyl (C=O) groups is 1. The number of likely N-dealkylation sites (tertiary alicyclic amines) is 1. The number of aliphatic hydroxyl groups excluding tert-OH is 1. The molecule has 0 atom stereocenters. The molecule has 0 aromatic carbocycles. The summed E-state index contributed by atoms with van der Waals surface area (Å²) in [7, 11) is 1.83. The highest BCUT2D eigenvalue weighted by atomic mass is 16.3. The molecule has 3 rings (SSSR count). The molecule has 0 radical (unpaired) electrons. The first-order valence-electron chi connectivity index (χ1n) is 8.19. The Morgan fingerprint density at radius 3 is 2.70 bits per heavy atom. The molecule has 1 N–H and O–H groups in total. The minimum Gasteiger partial charge on any atom is -0.396 e. The van der Waals surface area contributed by atoms with Crippen LogP contribution in [0.15, 0.2) is 12.3 Å². The molecule has 3 heterocycles. The van der Waals surface area contributed by atoms with Gasteiger partial charge in [0.2, 0.25) is 0 Å². The van der Waals surface area contributed by atoms with Crippen molar-refractivity contribution in [2.45, 2.75) is 33.1 Å². The zero-order valence-electron chi connectivity index (χ0n) is 14.0. The number of amides is 1. The summed E-state index contributed by atoms with van der Waals surface area (Å²) in [6.45, 7) is 5.59. The molecular formula is C17H24N4O2. The molecule has 1 fully saturated rings. The fraction of sp³-hybridized carbons (Fsp3) is 0.588. The van der Waals surface area contributed by atoms with E-state index in [0.29, 0.717) is 18.7 Å². The van der Waals surface area contributed by atoms with E-state index < -0.39 is 0 Å². The summed E-state index contributed by atoms with van der Waals surface area (Å²) in [6.07, 6.45) is 4.37. The van der Waals surface area contributed by atoms with Gasteiger partial charge >= 0.3 is 0 Å². The number of nitrogens with zero attached hydrogens (tertiary/aromatic N) is 4. The van der Waals surface area contributed by atoms with Gasteiger partial charge in [-0.15, -0.1) is 0 Å². The van der Waals surface area contributed by atoms with Crippen molar-refractivity contribution >= 4 is 16.9 Å². The Morgan fingerprint density at radius 2 is 2.09 bits per heavy atom. The van der Waals surface area contributed by atoms with E-state index in [1.54, 1.807) is 10.9 Å². The van der Waals surface area contributed by atoms with E-state index in [1.165, 1.54) is 0 Å². The minimum absolute atomic E-state index is 0.0193. The first-order valence-corrected chi connectivity index (χ1v) is 8.19. The highest BCUT2D eigenvalue weighted by Crippen LogP contribution is 2.35. The zero-order chi connectivity index (χ0) is 16.6. The number of hydrogen-bond donors (Lipinski definition) is 1. The number of carbonyl (C=O) groups excluding carboxylic acids is 1. The van der Waals surface area contributed by atoms with E-state index in [9.17, 15) is 9.90 Å². The van der Waals surface area contributed by atoms with Gasteiger partial charge in [-0.1, -0.05) is 6.92 Å². The maximum atomic E-state index is 13.0. The van der Waals surface area contributed by atoms with Crippen LogP contribution in [0, 0.1) is 12.3 Å². The van der Waals surface area contributed by atoms with Gasteiger partial charge in [-0.2, -0.15) is 5.10 Å². The molecule has 124 valence electrons. The number of aliphatic hydroxyl groups is 1. The summed E-state index contributed by atoms with van der Waals surface area (Å²) < 4.78 is 1.70. The van der Waals surface area contributed by atoms with E-state index >= 15 is 0 Å². The van der Waals surface area contributed by atoms with Crippen LogP contribution in [0.1, 0.15) is 42.2 Å². The van der Waals surface area contributed by atoms with Crippen LogP contribution in [0.5, 0.6) is 0 Å². The maximum Gasteiger partial charge on any atom is 0.254 e. The highest BCUT2D eigenvalue weighted by Gasteiger charge is 2.34. The van der Waals surface area contributed by atoms with Crippen LogP contribution in [-0.2, 0) is 7.05 Å².